The Bertz CT molecular complexity index is 325. The van der Waals surface area contributed by atoms with Crippen LogP contribution in [-0.4, -0.2) is 11.2 Å². The third-order valence-corrected chi connectivity index (χ3v) is 2.95. The second kappa shape index (κ2) is 5.61. The lowest BCUT2D eigenvalue weighted by Crippen LogP contribution is -2.13. The first kappa shape index (κ1) is 12.7. The summed E-state index contributed by atoms with van der Waals surface area (Å²) >= 11 is 3.29. The molecular weight excluding hydrogens is 259 g/mol. The van der Waals surface area contributed by atoms with Crippen molar-refractivity contribution in [2.45, 2.75) is 32.8 Å². The second-order valence-electron chi connectivity index (χ2n) is 4.22. The van der Waals surface area contributed by atoms with Gasteiger partial charge in [0.05, 0.1) is 6.10 Å². The molecular formula is C12H16BrFO. The summed E-state index contributed by atoms with van der Waals surface area (Å²) in [5, 5.41) is 9.75. The van der Waals surface area contributed by atoms with E-state index in [-0.39, 0.29) is 11.9 Å². The average Bonchev–Trinajstić information content (AvgIpc) is 2.08. The van der Waals surface area contributed by atoms with Gasteiger partial charge in [0.1, 0.15) is 5.82 Å². The molecule has 1 rings (SSSR count). The Kier molecular flexibility index (Phi) is 4.74. The fraction of sp³-hybridized carbons (Fsp3) is 0.500. The van der Waals surface area contributed by atoms with Crippen LogP contribution < -0.4 is 0 Å². The van der Waals surface area contributed by atoms with Crippen LogP contribution >= 0.6 is 15.9 Å². The van der Waals surface area contributed by atoms with Gasteiger partial charge >= 0.3 is 0 Å². The molecule has 3 heteroatoms. The zero-order chi connectivity index (χ0) is 11.4. The number of rotatable bonds is 4. The van der Waals surface area contributed by atoms with Crippen molar-refractivity contribution in [1.29, 1.82) is 0 Å². The molecule has 15 heavy (non-hydrogen) atoms. The Morgan fingerprint density at radius 3 is 2.60 bits per heavy atom. The van der Waals surface area contributed by atoms with Gasteiger partial charge in [-0.25, -0.2) is 4.39 Å². The third-order valence-electron chi connectivity index (χ3n) is 2.21. The van der Waals surface area contributed by atoms with Crippen LogP contribution in [-0.2, 0) is 6.42 Å². The van der Waals surface area contributed by atoms with Crippen molar-refractivity contribution >= 4 is 15.9 Å². The molecule has 1 aromatic carbocycles. The summed E-state index contributed by atoms with van der Waals surface area (Å²) in [5.74, 6) is 0.211. The van der Waals surface area contributed by atoms with E-state index in [0.29, 0.717) is 12.3 Å². The van der Waals surface area contributed by atoms with E-state index in [4.69, 9.17) is 0 Å². The summed E-state index contributed by atoms with van der Waals surface area (Å²) in [6, 6.07) is 4.56. The lowest BCUT2D eigenvalue weighted by Gasteiger charge is -2.13. The normalized spacial score (nSPS) is 13.2. The molecule has 0 amide bonds. The molecule has 1 nitrogen and oxygen atoms in total. The van der Waals surface area contributed by atoms with Crippen LogP contribution in [0.25, 0.3) is 0 Å². The van der Waals surface area contributed by atoms with Crippen LogP contribution in [0.15, 0.2) is 22.7 Å². The Morgan fingerprint density at radius 2 is 2.07 bits per heavy atom. The zero-order valence-electron chi connectivity index (χ0n) is 9.00. The van der Waals surface area contributed by atoms with Gasteiger partial charge in [0.15, 0.2) is 0 Å². The van der Waals surface area contributed by atoms with Crippen molar-refractivity contribution in [2.75, 3.05) is 0 Å². The SMILES string of the molecule is CC(C)CC(O)Cc1ccc(F)cc1Br. The highest BCUT2D eigenvalue weighted by molar-refractivity contribution is 9.10. The molecule has 1 N–H and O–H groups in total. The number of hydrogen-bond donors (Lipinski definition) is 1. The number of aliphatic hydroxyl groups excluding tert-OH is 1. The van der Waals surface area contributed by atoms with Gasteiger partial charge in [-0.1, -0.05) is 35.8 Å². The van der Waals surface area contributed by atoms with Crippen LogP contribution in [0.2, 0.25) is 0 Å². The van der Waals surface area contributed by atoms with Gasteiger partial charge in [-0.05, 0) is 36.5 Å². The predicted octanol–water partition coefficient (Wildman–Crippen LogP) is 3.54. The van der Waals surface area contributed by atoms with Crippen molar-refractivity contribution in [3.05, 3.63) is 34.1 Å². The summed E-state index contributed by atoms with van der Waals surface area (Å²) in [6.07, 6.45) is 0.981. The Labute approximate surface area is 98.4 Å². The maximum absolute atomic E-state index is 12.8. The van der Waals surface area contributed by atoms with E-state index in [1.54, 1.807) is 6.07 Å². The number of aliphatic hydroxyl groups is 1. The monoisotopic (exact) mass is 274 g/mol. The molecule has 0 heterocycles. The fourth-order valence-corrected chi connectivity index (χ4v) is 2.08. The largest absolute Gasteiger partial charge is 0.393 e. The highest BCUT2D eigenvalue weighted by atomic mass is 79.9. The molecule has 1 atom stereocenters. The first-order valence-corrected chi connectivity index (χ1v) is 5.90. The van der Waals surface area contributed by atoms with E-state index in [1.165, 1.54) is 12.1 Å². The highest BCUT2D eigenvalue weighted by Crippen LogP contribution is 2.21. The average molecular weight is 275 g/mol. The molecule has 84 valence electrons. The van der Waals surface area contributed by atoms with Gasteiger partial charge in [-0.2, -0.15) is 0 Å². The summed E-state index contributed by atoms with van der Waals surface area (Å²) in [4.78, 5) is 0. The maximum Gasteiger partial charge on any atom is 0.124 e. The second-order valence-corrected chi connectivity index (χ2v) is 5.08. The van der Waals surface area contributed by atoms with E-state index in [1.807, 2.05) is 0 Å². The van der Waals surface area contributed by atoms with Gasteiger partial charge < -0.3 is 5.11 Å². The van der Waals surface area contributed by atoms with Gasteiger partial charge in [-0.3, -0.25) is 0 Å². The Hall–Kier alpha value is -0.410. The van der Waals surface area contributed by atoms with Gasteiger partial charge in [0, 0.05) is 4.47 Å². The first-order valence-electron chi connectivity index (χ1n) is 5.11. The van der Waals surface area contributed by atoms with Crippen LogP contribution in [0.1, 0.15) is 25.8 Å². The molecule has 0 aromatic heterocycles. The minimum Gasteiger partial charge on any atom is -0.393 e. The molecule has 0 bridgehead atoms. The highest BCUT2D eigenvalue weighted by Gasteiger charge is 2.10. The molecule has 0 spiro atoms. The molecule has 1 aromatic rings. The summed E-state index contributed by atoms with van der Waals surface area (Å²) in [6.45, 7) is 4.14. The fourth-order valence-electron chi connectivity index (χ4n) is 1.57. The topological polar surface area (TPSA) is 20.2 Å². The molecule has 0 saturated carbocycles. The molecule has 0 saturated heterocycles. The van der Waals surface area contributed by atoms with Crippen molar-refractivity contribution in [1.82, 2.24) is 0 Å². The van der Waals surface area contributed by atoms with Crippen LogP contribution in [0.3, 0.4) is 0 Å². The van der Waals surface area contributed by atoms with Crippen LogP contribution in [0.5, 0.6) is 0 Å². The lowest BCUT2D eigenvalue weighted by molar-refractivity contribution is 0.149. The summed E-state index contributed by atoms with van der Waals surface area (Å²) in [7, 11) is 0. The van der Waals surface area contributed by atoms with E-state index >= 15 is 0 Å². The molecule has 1 unspecified atom stereocenters. The minimum atomic E-state index is -0.355. The quantitative estimate of drug-likeness (QED) is 0.891. The molecule has 0 aliphatic heterocycles. The minimum absolute atomic E-state index is 0.260. The van der Waals surface area contributed by atoms with Crippen LogP contribution in [0, 0.1) is 11.7 Å². The molecule has 0 aliphatic rings. The Morgan fingerprint density at radius 1 is 1.40 bits per heavy atom. The van der Waals surface area contributed by atoms with Crippen molar-refractivity contribution in [2.24, 2.45) is 5.92 Å². The van der Waals surface area contributed by atoms with E-state index in [9.17, 15) is 9.50 Å². The smallest absolute Gasteiger partial charge is 0.124 e. The molecule has 0 aliphatic carbocycles. The number of hydrogen-bond acceptors (Lipinski definition) is 1. The van der Waals surface area contributed by atoms with Gasteiger partial charge in [0.25, 0.3) is 0 Å². The first-order chi connectivity index (χ1) is 6.99. The zero-order valence-corrected chi connectivity index (χ0v) is 10.6. The Balaban J connectivity index is 2.64. The van der Waals surface area contributed by atoms with Crippen molar-refractivity contribution in [3.63, 3.8) is 0 Å². The standard InChI is InChI=1S/C12H16BrFO/c1-8(2)5-11(15)6-9-3-4-10(14)7-12(9)13/h3-4,7-8,11,15H,5-6H2,1-2H3. The van der Waals surface area contributed by atoms with Crippen molar-refractivity contribution in [3.8, 4) is 0 Å². The molecule has 0 fully saturated rings. The number of halogens is 2. The van der Waals surface area contributed by atoms with Crippen LogP contribution in [0.4, 0.5) is 4.39 Å². The lowest BCUT2D eigenvalue weighted by atomic mass is 10.00. The summed E-state index contributed by atoms with van der Waals surface area (Å²) in [5.41, 5.74) is 0.949. The van der Waals surface area contributed by atoms with Gasteiger partial charge in [0.2, 0.25) is 0 Å². The number of benzene rings is 1. The third kappa shape index (κ3) is 4.31. The maximum atomic E-state index is 12.8. The van der Waals surface area contributed by atoms with Crippen molar-refractivity contribution < 1.29 is 9.50 Å². The van der Waals surface area contributed by atoms with Gasteiger partial charge in [-0.15, -0.1) is 0 Å². The van der Waals surface area contributed by atoms with E-state index in [0.717, 1.165) is 16.5 Å². The summed E-state index contributed by atoms with van der Waals surface area (Å²) < 4.78 is 13.5. The van der Waals surface area contributed by atoms with E-state index < -0.39 is 0 Å². The van der Waals surface area contributed by atoms with E-state index in [2.05, 4.69) is 29.8 Å². The predicted molar refractivity (Wildman–Crippen MR) is 63.3 cm³/mol. The molecule has 0 radical (unpaired) electrons.